The van der Waals surface area contributed by atoms with E-state index in [1.807, 2.05) is 36.4 Å². The monoisotopic (exact) mass is 410 g/mol. The number of hydrogen-bond donors (Lipinski definition) is 3. The fourth-order valence-corrected chi connectivity index (χ4v) is 3.79. The average Bonchev–Trinajstić information content (AvgIpc) is 3.03. The maximum Gasteiger partial charge on any atom is 0.407 e. The molecule has 0 spiro atoms. The lowest BCUT2D eigenvalue weighted by molar-refractivity contribution is -0.137. The Balaban J connectivity index is 1.60. The van der Waals surface area contributed by atoms with Crippen molar-refractivity contribution in [3.8, 4) is 11.1 Å². The molecule has 1 aliphatic rings. The van der Waals surface area contributed by atoms with Crippen LogP contribution in [0.1, 0.15) is 43.7 Å². The summed E-state index contributed by atoms with van der Waals surface area (Å²) in [7, 11) is 0. The first kappa shape index (κ1) is 21.4. The summed E-state index contributed by atoms with van der Waals surface area (Å²) in [4.78, 5) is 35.4. The minimum absolute atomic E-state index is 0.0624. The van der Waals surface area contributed by atoms with Gasteiger partial charge in [-0.3, -0.25) is 9.59 Å². The van der Waals surface area contributed by atoms with E-state index in [1.165, 1.54) is 0 Å². The van der Waals surface area contributed by atoms with Crippen molar-refractivity contribution < 1.29 is 24.2 Å². The molecular weight excluding hydrogens is 384 g/mol. The third kappa shape index (κ3) is 4.79. The third-order valence-electron chi connectivity index (χ3n) is 5.23. The Morgan fingerprint density at radius 2 is 1.57 bits per heavy atom. The quantitative estimate of drug-likeness (QED) is 0.619. The highest BCUT2D eigenvalue weighted by atomic mass is 16.5. The van der Waals surface area contributed by atoms with Gasteiger partial charge in [0.2, 0.25) is 5.91 Å². The van der Waals surface area contributed by atoms with Gasteiger partial charge in [-0.05, 0) is 35.6 Å². The fourth-order valence-electron chi connectivity index (χ4n) is 3.79. The Bertz CT molecular complexity index is 897. The van der Waals surface area contributed by atoms with Crippen LogP contribution in [-0.2, 0) is 14.3 Å². The number of carboxylic acid groups (broad SMARTS) is 1. The van der Waals surface area contributed by atoms with E-state index >= 15 is 0 Å². The Morgan fingerprint density at radius 3 is 2.10 bits per heavy atom. The number of nitrogens with one attached hydrogen (secondary N) is 2. The van der Waals surface area contributed by atoms with Gasteiger partial charge in [0.1, 0.15) is 12.6 Å². The second-order valence-electron chi connectivity index (χ2n) is 7.44. The highest BCUT2D eigenvalue weighted by molar-refractivity contribution is 5.86. The number of ether oxygens (including phenoxy) is 1. The average molecular weight is 410 g/mol. The Morgan fingerprint density at radius 1 is 1.00 bits per heavy atom. The van der Waals surface area contributed by atoms with Crippen LogP contribution in [0.3, 0.4) is 0 Å². The third-order valence-corrected chi connectivity index (χ3v) is 5.23. The van der Waals surface area contributed by atoms with Crippen LogP contribution in [0.2, 0.25) is 0 Å². The predicted octanol–water partition coefficient (Wildman–Crippen LogP) is 3.28. The summed E-state index contributed by atoms with van der Waals surface area (Å²) in [5.74, 6) is -1.49. The molecule has 0 aliphatic heterocycles. The van der Waals surface area contributed by atoms with Gasteiger partial charge in [-0.15, -0.1) is 0 Å². The molecule has 30 heavy (non-hydrogen) atoms. The van der Waals surface area contributed by atoms with Gasteiger partial charge in [0, 0.05) is 12.0 Å². The van der Waals surface area contributed by atoms with Crippen molar-refractivity contribution >= 4 is 18.0 Å². The number of carboxylic acids is 1. The van der Waals surface area contributed by atoms with Crippen molar-refractivity contribution in [1.29, 1.82) is 0 Å². The number of aliphatic carboxylic acids is 1. The standard InChI is InChI=1S/C23H26N2O5/c1-3-20(22(28)24-14(2)12-21(26)27)25-23(29)30-13-19-17-10-6-4-8-15(17)16-9-5-7-11-18(16)19/h4-11,14,19-20H,3,12-13H2,1-2H3,(H,24,28)(H,25,29)(H,26,27)/t14-,20?/m0/s1. The first-order chi connectivity index (χ1) is 14.4. The molecule has 7 heteroatoms. The van der Waals surface area contributed by atoms with Crippen molar-refractivity contribution in [3.63, 3.8) is 0 Å². The molecule has 7 nitrogen and oxygen atoms in total. The number of amides is 2. The van der Waals surface area contributed by atoms with Crippen LogP contribution in [0.5, 0.6) is 0 Å². The smallest absolute Gasteiger partial charge is 0.407 e. The van der Waals surface area contributed by atoms with E-state index in [4.69, 9.17) is 9.84 Å². The van der Waals surface area contributed by atoms with Gasteiger partial charge in [0.25, 0.3) is 0 Å². The molecule has 1 aliphatic carbocycles. The number of carbonyl (C=O) groups is 3. The lowest BCUT2D eigenvalue weighted by atomic mass is 9.98. The van der Waals surface area contributed by atoms with Crippen molar-refractivity contribution in [1.82, 2.24) is 10.6 Å². The Labute approximate surface area is 175 Å². The van der Waals surface area contributed by atoms with E-state index in [1.54, 1.807) is 13.8 Å². The predicted molar refractivity (Wildman–Crippen MR) is 112 cm³/mol. The molecule has 2 atom stereocenters. The second-order valence-corrected chi connectivity index (χ2v) is 7.44. The second kappa shape index (κ2) is 9.43. The van der Waals surface area contributed by atoms with Gasteiger partial charge in [0.05, 0.1) is 6.42 Å². The zero-order valence-electron chi connectivity index (χ0n) is 17.1. The number of benzene rings is 2. The van der Waals surface area contributed by atoms with E-state index in [0.717, 1.165) is 22.3 Å². The Hall–Kier alpha value is -3.35. The van der Waals surface area contributed by atoms with E-state index in [-0.39, 0.29) is 18.9 Å². The summed E-state index contributed by atoms with van der Waals surface area (Å²) < 4.78 is 5.47. The van der Waals surface area contributed by atoms with Crippen LogP contribution in [0.25, 0.3) is 11.1 Å². The van der Waals surface area contributed by atoms with Crippen LogP contribution >= 0.6 is 0 Å². The van der Waals surface area contributed by atoms with Gasteiger partial charge in [-0.25, -0.2) is 4.79 Å². The van der Waals surface area contributed by atoms with Crippen LogP contribution in [0.15, 0.2) is 48.5 Å². The molecule has 2 amide bonds. The molecule has 0 fully saturated rings. The van der Waals surface area contributed by atoms with Gasteiger partial charge < -0.3 is 20.5 Å². The van der Waals surface area contributed by atoms with Crippen molar-refractivity contribution in [2.45, 2.75) is 44.7 Å². The number of hydrogen-bond acceptors (Lipinski definition) is 4. The molecule has 158 valence electrons. The Kier molecular flexibility index (Phi) is 6.72. The number of alkyl carbamates (subject to hydrolysis) is 1. The summed E-state index contributed by atoms with van der Waals surface area (Å²) in [5.41, 5.74) is 4.50. The molecule has 3 N–H and O–H groups in total. The van der Waals surface area contributed by atoms with Gasteiger partial charge in [-0.1, -0.05) is 55.5 Å². The topological polar surface area (TPSA) is 105 Å². The summed E-state index contributed by atoms with van der Waals surface area (Å²) >= 11 is 0. The first-order valence-corrected chi connectivity index (χ1v) is 10.0. The molecule has 0 saturated carbocycles. The maximum atomic E-state index is 12.4. The molecule has 0 saturated heterocycles. The number of fused-ring (bicyclic) bond motifs is 3. The molecule has 0 bridgehead atoms. The molecular formula is C23H26N2O5. The largest absolute Gasteiger partial charge is 0.481 e. The molecule has 0 aromatic heterocycles. The summed E-state index contributed by atoms with van der Waals surface area (Å²) in [5, 5.41) is 14.0. The molecule has 2 aromatic rings. The maximum absolute atomic E-state index is 12.4. The molecule has 3 rings (SSSR count). The highest BCUT2D eigenvalue weighted by Gasteiger charge is 2.29. The normalized spacial score (nSPS) is 14.2. The van der Waals surface area contributed by atoms with Crippen molar-refractivity contribution in [2.24, 2.45) is 0 Å². The van der Waals surface area contributed by atoms with Crippen LogP contribution < -0.4 is 10.6 Å². The lowest BCUT2D eigenvalue weighted by Gasteiger charge is -2.20. The lowest BCUT2D eigenvalue weighted by Crippen LogP contribution is -2.49. The molecule has 0 radical (unpaired) electrons. The van der Waals surface area contributed by atoms with Crippen molar-refractivity contribution in [3.05, 3.63) is 59.7 Å². The molecule has 0 heterocycles. The molecule has 2 aromatic carbocycles. The van der Waals surface area contributed by atoms with Crippen molar-refractivity contribution in [2.75, 3.05) is 6.61 Å². The zero-order valence-corrected chi connectivity index (χ0v) is 17.1. The van der Waals surface area contributed by atoms with E-state index < -0.39 is 30.1 Å². The summed E-state index contributed by atoms with van der Waals surface area (Å²) in [6.45, 7) is 3.52. The van der Waals surface area contributed by atoms with Crippen LogP contribution in [-0.4, -0.2) is 41.8 Å². The van der Waals surface area contributed by atoms with Gasteiger partial charge in [0.15, 0.2) is 0 Å². The van der Waals surface area contributed by atoms with Crippen LogP contribution in [0.4, 0.5) is 4.79 Å². The van der Waals surface area contributed by atoms with E-state index in [0.29, 0.717) is 6.42 Å². The minimum Gasteiger partial charge on any atom is -0.481 e. The van der Waals surface area contributed by atoms with E-state index in [9.17, 15) is 14.4 Å². The number of rotatable bonds is 8. The fraction of sp³-hybridized carbons (Fsp3) is 0.348. The summed E-state index contributed by atoms with van der Waals surface area (Å²) in [6.07, 6.45) is -0.507. The SMILES string of the molecule is CCC(NC(=O)OCC1c2ccccc2-c2ccccc21)C(=O)N[C@@H](C)CC(=O)O. The van der Waals surface area contributed by atoms with Crippen LogP contribution in [0, 0.1) is 0 Å². The highest BCUT2D eigenvalue weighted by Crippen LogP contribution is 2.44. The first-order valence-electron chi connectivity index (χ1n) is 10.0. The number of carbonyl (C=O) groups excluding carboxylic acids is 2. The minimum atomic E-state index is -1.000. The summed E-state index contributed by atoms with van der Waals surface area (Å²) in [6, 6.07) is 14.8. The van der Waals surface area contributed by atoms with Gasteiger partial charge >= 0.3 is 12.1 Å². The van der Waals surface area contributed by atoms with Gasteiger partial charge in [-0.2, -0.15) is 0 Å². The molecule has 1 unspecified atom stereocenters. The van der Waals surface area contributed by atoms with E-state index in [2.05, 4.69) is 22.8 Å². The zero-order chi connectivity index (χ0) is 21.7.